The Morgan fingerprint density at radius 2 is 1.75 bits per heavy atom. The van der Waals surface area contributed by atoms with Gasteiger partial charge in [-0.15, -0.1) is 0 Å². The number of aromatic hydroxyl groups is 1. The largest absolute Gasteiger partial charge is 0.505 e. The third-order valence-electron chi connectivity index (χ3n) is 2.46. The highest BCUT2D eigenvalue weighted by Gasteiger charge is 2.07. The van der Waals surface area contributed by atoms with Crippen LogP contribution in [0.4, 0.5) is 8.78 Å². The van der Waals surface area contributed by atoms with Gasteiger partial charge >= 0.3 is 0 Å². The zero-order valence-electron chi connectivity index (χ0n) is 8.67. The van der Waals surface area contributed by atoms with E-state index in [1.807, 2.05) is 6.92 Å². The third-order valence-corrected chi connectivity index (χ3v) is 2.46. The van der Waals surface area contributed by atoms with Gasteiger partial charge in [-0.25, -0.2) is 8.78 Å². The number of benzene rings is 2. The fraction of sp³-hybridized carbons (Fsp3) is 0.0769. The van der Waals surface area contributed by atoms with Gasteiger partial charge in [0.25, 0.3) is 0 Å². The molecule has 0 aliphatic heterocycles. The molecule has 0 atom stereocenters. The summed E-state index contributed by atoms with van der Waals surface area (Å²) in [7, 11) is 0. The van der Waals surface area contributed by atoms with Crippen molar-refractivity contribution < 1.29 is 13.9 Å². The maximum atomic E-state index is 13.2. The van der Waals surface area contributed by atoms with Crippen molar-refractivity contribution in [2.45, 2.75) is 6.92 Å². The summed E-state index contributed by atoms with van der Waals surface area (Å²) in [6, 6.07) is 8.35. The molecule has 0 fully saturated rings. The maximum Gasteiger partial charge on any atom is 0.165 e. The third kappa shape index (κ3) is 1.89. The molecule has 2 rings (SSSR count). The molecule has 0 bridgehead atoms. The van der Waals surface area contributed by atoms with Crippen molar-refractivity contribution in [2.24, 2.45) is 0 Å². The van der Waals surface area contributed by atoms with Crippen LogP contribution >= 0.6 is 0 Å². The molecule has 82 valence electrons. The molecule has 0 aromatic heterocycles. The monoisotopic (exact) mass is 220 g/mol. The number of hydrogen-bond acceptors (Lipinski definition) is 1. The van der Waals surface area contributed by atoms with E-state index in [0.717, 1.165) is 5.56 Å². The van der Waals surface area contributed by atoms with Gasteiger partial charge in [-0.05, 0) is 47.9 Å². The summed E-state index contributed by atoms with van der Waals surface area (Å²) in [4.78, 5) is 0. The van der Waals surface area contributed by atoms with Crippen molar-refractivity contribution in [3.8, 4) is 16.9 Å². The van der Waals surface area contributed by atoms with Crippen LogP contribution in [0.3, 0.4) is 0 Å². The quantitative estimate of drug-likeness (QED) is 0.777. The lowest BCUT2D eigenvalue weighted by Gasteiger charge is -2.06. The number of rotatable bonds is 1. The van der Waals surface area contributed by atoms with E-state index in [-0.39, 0.29) is 5.82 Å². The van der Waals surface area contributed by atoms with E-state index < -0.39 is 11.6 Å². The number of aryl methyl sites for hydroxylation is 1. The molecule has 0 unspecified atom stereocenters. The highest BCUT2D eigenvalue weighted by molar-refractivity contribution is 5.67. The van der Waals surface area contributed by atoms with Gasteiger partial charge in [0, 0.05) is 0 Å². The Balaban J connectivity index is 2.58. The van der Waals surface area contributed by atoms with Crippen LogP contribution in [0, 0.1) is 18.6 Å². The van der Waals surface area contributed by atoms with Crippen molar-refractivity contribution in [2.75, 3.05) is 0 Å². The van der Waals surface area contributed by atoms with E-state index in [0.29, 0.717) is 11.1 Å². The summed E-state index contributed by atoms with van der Waals surface area (Å²) in [6.45, 7) is 1.82. The Hall–Kier alpha value is -1.90. The molecule has 0 aliphatic rings. The molecule has 1 nitrogen and oxygen atoms in total. The molecule has 2 aromatic carbocycles. The number of phenols is 1. The fourth-order valence-corrected chi connectivity index (χ4v) is 1.58. The molecule has 0 saturated heterocycles. The van der Waals surface area contributed by atoms with Crippen LogP contribution in [0.15, 0.2) is 36.4 Å². The van der Waals surface area contributed by atoms with Gasteiger partial charge in [0.1, 0.15) is 5.82 Å². The lowest BCUT2D eigenvalue weighted by molar-refractivity contribution is 0.432. The molecule has 0 heterocycles. The summed E-state index contributed by atoms with van der Waals surface area (Å²) < 4.78 is 26.2. The molecule has 16 heavy (non-hydrogen) atoms. The highest BCUT2D eigenvalue weighted by Crippen LogP contribution is 2.27. The topological polar surface area (TPSA) is 20.2 Å². The molecule has 0 aliphatic carbocycles. The lowest BCUT2D eigenvalue weighted by Crippen LogP contribution is -1.86. The van der Waals surface area contributed by atoms with Crippen LogP contribution in [0.2, 0.25) is 0 Å². The minimum Gasteiger partial charge on any atom is -0.505 e. The molecule has 1 N–H and O–H groups in total. The number of halogens is 2. The van der Waals surface area contributed by atoms with Crippen LogP contribution in [0.25, 0.3) is 11.1 Å². The molecular formula is C13H10F2O. The predicted octanol–water partition coefficient (Wildman–Crippen LogP) is 3.65. The standard InChI is InChI=1S/C13H10F2O/c1-8-2-4-10(14)7-11(8)9-3-5-13(16)12(15)6-9/h2-7,16H,1H3. The Labute approximate surface area is 92.0 Å². The summed E-state index contributed by atoms with van der Waals surface area (Å²) in [6.07, 6.45) is 0. The van der Waals surface area contributed by atoms with Gasteiger partial charge in [-0.3, -0.25) is 0 Å². The van der Waals surface area contributed by atoms with E-state index in [2.05, 4.69) is 0 Å². The zero-order chi connectivity index (χ0) is 11.7. The minimum atomic E-state index is -0.707. The van der Waals surface area contributed by atoms with E-state index in [1.165, 1.54) is 24.3 Å². The van der Waals surface area contributed by atoms with Crippen molar-refractivity contribution in [3.63, 3.8) is 0 Å². The second kappa shape index (κ2) is 3.93. The van der Waals surface area contributed by atoms with Gasteiger partial charge in [-0.2, -0.15) is 0 Å². The molecule has 2 aromatic rings. The van der Waals surface area contributed by atoms with Crippen LogP contribution in [0.1, 0.15) is 5.56 Å². The Morgan fingerprint density at radius 3 is 2.44 bits per heavy atom. The first-order chi connectivity index (χ1) is 7.58. The normalized spacial score (nSPS) is 10.4. The Bertz CT molecular complexity index is 535. The van der Waals surface area contributed by atoms with E-state index >= 15 is 0 Å². The number of hydrogen-bond donors (Lipinski definition) is 1. The second-order valence-corrected chi connectivity index (χ2v) is 3.63. The SMILES string of the molecule is Cc1ccc(F)cc1-c1ccc(O)c(F)c1. The van der Waals surface area contributed by atoms with Gasteiger partial charge in [0.15, 0.2) is 11.6 Å². The lowest BCUT2D eigenvalue weighted by atomic mass is 10.0. The Morgan fingerprint density at radius 1 is 1.00 bits per heavy atom. The van der Waals surface area contributed by atoms with E-state index in [9.17, 15) is 8.78 Å². The summed E-state index contributed by atoms with van der Waals surface area (Å²) in [5.41, 5.74) is 2.03. The van der Waals surface area contributed by atoms with E-state index in [4.69, 9.17) is 5.11 Å². The summed E-state index contributed by atoms with van der Waals surface area (Å²) in [5, 5.41) is 9.07. The fourth-order valence-electron chi connectivity index (χ4n) is 1.58. The van der Waals surface area contributed by atoms with Gasteiger partial charge in [0.05, 0.1) is 0 Å². The van der Waals surface area contributed by atoms with Crippen LogP contribution in [0.5, 0.6) is 5.75 Å². The van der Waals surface area contributed by atoms with Gasteiger partial charge < -0.3 is 5.11 Å². The second-order valence-electron chi connectivity index (χ2n) is 3.63. The number of phenolic OH excluding ortho intramolecular Hbond substituents is 1. The Kier molecular flexibility index (Phi) is 2.60. The van der Waals surface area contributed by atoms with Crippen LogP contribution in [-0.2, 0) is 0 Å². The van der Waals surface area contributed by atoms with Crippen LogP contribution in [-0.4, -0.2) is 5.11 Å². The molecular weight excluding hydrogens is 210 g/mol. The first-order valence-electron chi connectivity index (χ1n) is 4.83. The van der Waals surface area contributed by atoms with E-state index in [1.54, 1.807) is 12.1 Å². The summed E-state index contributed by atoms with van der Waals surface area (Å²) >= 11 is 0. The molecule has 0 amide bonds. The highest BCUT2D eigenvalue weighted by atomic mass is 19.1. The molecule has 0 spiro atoms. The summed E-state index contributed by atoms with van der Waals surface area (Å²) in [5.74, 6) is -1.48. The van der Waals surface area contributed by atoms with Crippen molar-refractivity contribution in [3.05, 3.63) is 53.6 Å². The zero-order valence-corrected chi connectivity index (χ0v) is 8.67. The minimum absolute atomic E-state index is 0.367. The first-order valence-corrected chi connectivity index (χ1v) is 4.83. The van der Waals surface area contributed by atoms with Crippen molar-refractivity contribution in [1.29, 1.82) is 0 Å². The molecule has 0 radical (unpaired) electrons. The van der Waals surface area contributed by atoms with Gasteiger partial charge in [-0.1, -0.05) is 12.1 Å². The smallest absolute Gasteiger partial charge is 0.165 e. The van der Waals surface area contributed by atoms with Crippen molar-refractivity contribution >= 4 is 0 Å². The van der Waals surface area contributed by atoms with Crippen LogP contribution < -0.4 is 0 Å². The average Bonchev–Trinajstić information content (AvgIpc) is 2.26. The molecule has 0 saturated carbocycles. The molecule has 3 heteroatoms. The average molecular weight is 220 g/mol. The maximum absolute atomic E-state index is 13.2. The first kappa shape index (κ1) is 10.6. The predicted molar refractivity (Wildman–Crippen MR) is 58.2 cm³/mol. The van der Waals surface area contributed by atoms with Gasteiger partial charge in [0.2, 0.25) is 0 Å². The van der Waals surface area contributed by atoms with Crippen molar-refractivity contribution in [1.82, 2.24) is 0 Å².